The molecule has 0 amide bonds. The van der Waals surface area contributed by atoms with Gasteiger partial charge < -0.3 is 14.9 Å². The molecule has 0 bridgehead atoms. The van der Waals surface area contributed by atoms with E-state index in [4.69, 9.17) is 4.74 Å². The van der Waals surface area contributed by atoms with Gasteiger partial charge in [0, 0.05) is 11.5 Å². The molecule has 3 saturated carbocycles. The molecule has 4 nitrogen and oxygen atoms in total. The normalized spacial score (nSPS) is 48.3. The summed E-state index contributed by atoms with van der Waals surface area (Å²) in [6, 6.07) is 0. The molecule has 0 unspecified atom stereocenters. The van der Waals surface area contributed by atoms with Crippen LogP contribution in [-0.4, -0.2) is 35.0 Å². The molecule has 1 aliphatic heterocycles. The molecule has 0 aromatic carbocycles. The lowest BCUT2D eigenvalue weighted by atomic mass is 9.45. The fourth-order valence-corrected chi connectivity index (χ4v) is 7.56. The Morgan fingerprint density at radius 2 is 1.96 bits per heavy atom. The molecule has 4 rings (SSSR count). The van der Waals surface area contributed by atoms with E-state index in [0.29, 0.717) is 24.4 Å². The standard InChI is InChI=1S/C23H36O4/c1-4-18(14-11-20(25)27-13-14)23(3)10-8-19-17(21(23)26)6-5-15-12-16(24)7-9-22(15,19)2/h11,15-19,21,24,26H,4-10,12-13H2,1-3H3/t15-,16+,17-,18-,19+,21+,22+,23-/m1/s1. The van der Waals surface area contributed by atoms with Crippen molar-refractivity contribution in [3.05, 3.63) is 11.6 Å². The molecule has 8 atom stereocenters. The molecule has 27 heavy (non-hydrogen) atoms. The molecule has 4 aliphatic rings. The monoisotopic (exact) mass is 376 g/mol. The zero-order chi connectivity index (χ0) is 19.4. The second kappa shape index (κ2) is 6.88. The highest BCUT2D eigenvalue weighted by molar-refractivity contribution is 5.85. The summed E-state index contributed by atoms with van der Waals surface area (Å²) in [6.45, 7) is 7.23. The van der Waals surface area contributed by atoms with E-state index in [0.717, 1.165) is 56.9 Å². The second-order valence-corrected chi connectivity index (χ2v) is 10.3. The van der Waals surface area contributed by atoms with Crippen molar-refractivity contribution in [2.24, 2.45) is 34.5 Å². The van der Waals surface area contributed by atoms with Crippen LogP contribution in [0.5, 0.6) is 0 Å². The first kappa shape index (κ1) is 19.4. The number of carbonyl (C=O) groups excluding carboxylic acids is 1. The summed E-state index contributed by atoms with van der Waals surface area (Å²) in [7, 11) is 0. The van der Waals surface area contributed by atoms with Crippen LogP contribution in [0.15, 0.2) is 11.6 Å². The van der Waals surface area contributed by atoms with Crippen molar-refractivity contribution >= 4 is 5.97 Å². The quantitative estimate of drug-likeness (QED) is 0.734. The second-order valence-electron chi connectivity index (χ2n) is 10.3. The minimum atomic E-state index is -0.331. The predicted molar refractivity (Wildman–Crippen MR) is 104 cm³/mol. The number of rotatable bonds is 3. The third-order valence-corrected chi connectivity index (χ3v) is 9.13. The highest BCUT2D eigenvalue weighted by Crippen LogP contribution is 2.63. The fourth-order valence-electron chi connectivity index (χ4n) is 7.56. The van der Waals surface area contributed by atoms with Gasteiger partial charge >= 0.3 is 5.97 Å². The van der Waals surface area contributed by atoms with Crippen molar-refractivity contribution in [3.63, 3.8) is 0 Å². The Morgan fingerprint density at radius 3 is 2.63 bits per heavy atom. The average molecular weight is 377 g/mol. The van der Waals surface area contributed by atoms with Gasteiger partial charge in [0.05, 0.1) is 12.2 Å². The zero-order valence-electron chi connectivity index (χ0n) is 17.1. The highest BCUT2D eigenvalue weighted by Gasteiger charge is 2.58. The number of aliphatic hydroxyl groups excluding tert-OH is 2. The van der Waals surface area contributed by atoms with Gasteiger partial charge in [0.1, 0.15) is 6.61 Å². The summed E-state index contributed by atoms with van der Waals surface area (Å²) in [5.41, 5.74) is 1.15. The van der Waals surface area contributed by atoms with Crippen LogP contribution in [0, 0.1) is 34.5 Å². The average Bonchev–Trinajstić information content (AvgIpc) is 3.05. The van der Waals surface area contributed by atoms with Gasteiger partial charge in [0.25, 0.3) is 0 Å². The van der Waals surface area contributed by atoms with E-state index in [-0.39, 0.29) is 34.9 Å². The first-order valence-corrected chi connectivity index (χ1v) is 11.0. The van der Waals surface area contributed by atoms with Crippen molar-refractivity contribution in [2.45, 2.75) is 84.3 Å². The Balaban J connectivity index is 1.59. The first-order chi connectivity index (χ1) is 12.8. The number of hydrogen-bond acceptors (Lipinski definition) is 4. The smallest absolute Gasteiger partial charge is 0.331 e. The van der Waals surface area contributed by atoms with Gasteiger partial charge in [-0.05, 0) is 86.0 Å². The lowest BCUT2D eigenvalue weighted by Gasteiger charge is -2.61. The first-order valence-electron chi connectivity index (χ1n) is 11.0. The van der Waals surface area contributed by atoms with Crippen molar-refractivity contribution in [2.75, 3.05) is 6.61 Å². The summed E-state index contributed by atoms with van der Waals surface area (Å²) >= 11 is 0. The molecule has 1 heterocycles. The lowest BCUT2D eigenvalue weighted by Crippen LogP contribution is -2.58. The van der Waals surface area contributed by atoms with Gasteiger partial charge in [-0.3, -0.25) is 0 Å². The summed E-state index contributed by atoms with van der Waals surface area (Å²) in [4.78, 5) is 11.6. The molecule has 0 spiro atoms. The van der Waals surface area contributed by atoms with Crippen molar-refractivity contribution in [1.29, 1.82) is 0 Å². The van der Waals surface area contributed by atoms with Crippen LogP contribution in [0.1, 0.15) is 72.1 Å². The van der Waals surface area contributed by atoms with Crippen LogP contribution in [0.3, 0.4) is 0 Å². The molecule has 0 saturated heterocycles. The summed E-state index contributed by atoms with van der Waals surface area (Å²) in [5, 5.41) is 21.8. The van der Waals surface area contributed by atoms with Crippen molar-refractivity contribution in [3.8, 4) is 0 Å². The number of fused-ring (bicyclic) bond motifs is 3. The Bertz CT molecular complexity index is 628. The van der Waals surface area contributed by atoms with E-state index in [9.17, 15) is 15.0 Å². The van der Waals surface area contributed by atoms with Crippen LogP contribution >= 0.6 is 0 Å². The lowest BCUT2D eigenvalue weighted by molar-refractivity contribution is -0.166. The van der Waals surface area contributed by atoms with E-state index >= 15 is 0 Å². The van der Waals surface area contributed by atoms with Gasteiger partial charge in [-0.15, -0.1) is 0 Å². The summed E-state index contributed by atoms with van der Waals surface area (Å²) < 4.78 is 5.19. The van der Waals surface area contributed by atoms with E-state index in [1.165, 1.54) is 0 Å². The van der Waals surface area contributed by atoms with Gasteiger partial charge in [-0.2, -0.15) is 0 Å². The van der Waals surface area contributed by atoms with Crippen LogP contribution < -0.4 is 0 Å². The van der Waals surface area contributed by atoms with Gasteiger partial charge in [-0.1, -0.05) is 20.8 Å². The summed E-state index contributed by atoms with van der Waals surface area (Å²) in [5.74, 6) is 1.47. The zero-order valence-corrected chi connectivity index (χ0v) is 17.1. The van der Waals surface area contributed by atoms with Crippen LogP contribution in [-0.2, 0) is 9.53 Å². The minimum absolute atomic E-state index is 0.130. The third-order valence-electron chi connectivity index (χ3n) is 9.13. The van der Waals surface area contributed by atoms with E-state index in [2.05, 4.69) is 20.8 Å². The molecule has 3 aliphatic carbocycles. The molecule has 4 heteroatoms. The number of aliphatic hydroxyl groups is 2. The Morgan fingerprint density at radius 1 is 1.19 bits per heavy atom. The van der Waals surface area contributed by atoms with Crippen LogP contribution in [0.25, 0.3) is 0 Å². The van der Waals surface area contributed by atoms with Gasteiger partial charge in [0.15, 0.2) is 0 Å². The molecule has 0 aromatic rings. The van der Waals surface area contributed by atoms with Crippen molar-refractivity contribution in [1.82, 2.24) is 0 Å². The largest absolute Gasteiger partial charge is 0.458 e. The summed E-state index contributed by atoms with van der Waals surface area (Å²) in [6.07, 6.45) is 9.43. The maximum absolute atomic E-state index is 11.6. The SMILES string of the molecule is CC[C@H](C1=CC(=O)OC1)[C@@]1(C)CC[C@H]2[C@@H](CC[C@@H]3C[C@@H](O)CC[C@@]32C)[C@@H]1O. The molecule has 3 fully saturated rings. The molecule has 152 valence electrons. The molecule has 0 aromatic heterocycles. The molecular formula is C23H36O4. The van der Waals surface area contributed by atoms with E-state index in [1.807, 2.05) is 0 Å². The fraction of sp³-hybridized carbons (Fsp3) is 0.870. The Hall–Kier alpha value is -0.870. The predicted octanol–water partition coefficient (Wildman–Crippen LogP) is 3.85. The van der Waals surface area contributed by atoms with Crippen LogP contribution in [0.2, 0.25) is 0 Å². The minimum Gasteiger partial charge on any atom is -0.458 e. The Labute approximate surface area is 163 Å². The highest BCUT2D eigenvalue weighted by atomic mass is 16.5. The molecular weight excluding hydrogens is 340 g/mol. The van der Waals surface area contributed by atoms with E-state index in [1.54, 1.807) is 6.08 Å². The van der Waals surface area contributed by atoms with E-state index < -0.39 is 0 Å². The number of hydrogen-bond donors (Lipinski definition) is 2. The topological polar surface area (TPSA) is 66.8 Å². The number of esters is 1. The third kappa shape index (κ3) is 2.98. The van der Waals surface area contributed by atoms with Crippen LogP contribution in [0.4, 0.5) is 0 Å². The maximum atomic E-state index is 11.6. The van der Waals surface area contributed by atoms with Gasteiger partial charge in [0.2, 0.25) is 0 Å². The number of cyclic esters (lactones) is 1. The number of carbonyl (C=O) groups is 1. The van der Waals surface area contributed by atoms with Crippen molar-refractivity contribution < 1.29 is 19.7 Å². The molecule has 0 radical (unpaired) electrons. The Kier molecular flexibility index (Phi) is 4.95. The maximum Gasteiger partial charge on any atom is 0.331 e. The molecule has 2 N–H and O–H groups in total. The van der Waals surface area contributed by atoms with Gasteiger partial charge in [-0.25, -0.2) is 4.79 Å². The number of ether oxygens (including phenoxy) is 1.